The summed E-state index contributed by atoms with van der Waals surface area (Å²) in [7, 11) is 0. The highest BCUT2D eigenvalue weighted by Gasteiger charge is 2.14. The third kappa shape index (κ3) is 8.26. The van der Waals surface area contributed by atoms with Crippen LogP contribution in [0.15, 0.2) is 66.9 Å². The van der Waals surface area contributed by atoms with E-state index in [0.717, 1.165) is 58.4 Å². The number of carbonyl (C=O) groups is 2. The van der Waals surface area contributed by atoms with Gasteiger partial charge in [-0.15, -0.1) is 0 Å². The summed E-state index contributed by atoms with van der Waals surface area (Å²) in [6.45, 7) is 5.34. The number of fused-ring (bicyclic) bond motifs is 1. The first kappa shape index (κ1) is 30.4. The zero-order valence-electron chi connectivity index (χ0n) is 24.3. The molecule has 0 spiro atoms. The molecule has 0 aliphatic carbocycles. The summed E-state index contributed by atoms with van der Waals surface area (Å²) < 4.78 is 13.7. The Labute approximate surface area is 247 Å². The molecule has 4 aromatic rings. The van der Waals surface area contributed by atoms with Gasteiger partial charge in [0.2, 0.25) is 0 Å². The minimum Gasteiger partial charge on any atom is -0.494 e. The van der Waals surface area contributed by atoms with Crippen molar-refractivity contribution in [2.24, 2.45) is 0 Å². The van der Waals surface area contributed by atoms with Crippen LogP contribution in [0.1, 0.15) is 60.4 Å². The summed E-state index contributed by atoms with van der Waals surface area (Å²) in [5, 5.41) is 19.4. The van der Waals surface area contributed by atoms with Crippen LogP contribution in [0.25, 0.3) is 23.1 Å². The lowest BCUT2D eigenvalue weighted by molar-refractivity contribution is -0.138. The molecule has 7 nitrogen and oxygen atoms in total. The molecule has 42 heavy (non-hydrogen) atoms. The maximum absolute atomic E-state index is 11.5. The van der Waals surface area contributed by atoms with E-state index in [4.69, 9.17) is 14.6 Å². The van der Waals surface area contributed by atoms with Gasteiger partial charge in [0, 0.05) is 18.0 Å². The van der Waals surface area contributed by atoms with Gasteiger partial charge in [0.15, 0.2) is 0 Å². The summed E-state index contributed by atoms with van der Waals surface area (Å²) in [4.78, 5) is 22.5. The van der Waals surface area contributed by atoms with Crippen molar-refractivity contribution in [1.29, 1.82) is 0 Å². The molecule has 0 fully saturated rings. The van der Waals surface area contributed by atoms with Gasteiger partial charge >= 0.3 is 11.9 Å². The lowest BCUT2D eigenvalue weighted by Gasteiger charge is -2.13. The maximum atomic E-state index is 11.5. The van der Waals surface area contributed by atoms with E-state index in [9.17, 15) is 14.7 Å². The molecule has 0 amide bonds. The highest BCUT2D eigenvalue weighted by molar-refractivity contribution is 5.94. The number of hydrogen-bond donors (Lipinski definition) is 2. The van der Waals surface area contributed by atoms with Gasteiger partial charge in [-0.05, 0) is 79.0 Å². The first-order valence-corrected chi connectivity index (χ1v) is 14.5. The average molecular weight is 570 g/mol. The number of aromatic nitrogens is 1. The zero-order chi connectivity index (χ0) is 29.9. The van der Waals surface area contributed by atoms with Gasteiger partial charge < -0.3 is 24.3 Å². The van der Waals surface area contributed by atoms with E-state index in [2.05, 4.69) is 32.0 Å². The highest BCUT2D eigenvalue weighted by atomic mass is 16.5. The Morgan fingerprint density at radius 1 is 0.833 bits per heavy atom. The third-order valence-corrected chi connectivity index (χ3v) is 7.22. The largest absolute Gasteiger partial charge is 0.494 e. The number of benzene rings is 3. The predicted molar refractivity (Wildman–Crippen MR) is 166 cm³/mol. The van der Waals surface area contributed by atoms with Crippen LogP contribution in [0.4, 0.5) is 0 Å². The number of para-hydroxylation sites is 2. The molecule has 0 saturated carbocycles. The number of aliphatic carboxylic acids is 2. The summed E-state index contributed by atoms with van der Waals surface area (Å²) >= 11 is 0. The SMILES string of the molecule is CCc1cccc(C)c1OCCCCOc1ccc(C=Cc2cccc3c(CCCC(=O)O)cn(CC(=O)O)c23)cc1. The van der Waals surface area contributed by atoms with Gasteiger partial charge in [0.25, 0.3) is 0 Å². The Balaban J connectivity index is 1.33. The summed E-state index contributed by atoms with van der Waals surface area (Å²) in [5.74, 6) is 0.0526. The zero-order valence-corrected chi connectivity index (χ0v) is 24.3. The summed E-state index contributed by atoms with van der Waals surface area (Å²) in [5.41, 5.74) is 6.09. The van der Waals surface area contributed by atoms with E-state index < -0.39 is 11.9 Å². The summed E-state index contributed by atoms with van der Waals surface area (Å²) in [6.07, 6.45) is 9.72. The molecule has 2 N–H and O–H groups in total. The maximum Gasteiger partial charge on any atom is 0.323 e. The lowest BCUT2D eigenvalue weighted by Crippen LogP contribution is -2.07. The van der Waals surface area contributed by atoms with E-state index in [1.807, 2.05) is 60.8 Å². The fourth-order valence-corrected chi connectivity index (χ4v) is 5.13. The monoisotopic (exact) mass is 569 g/mol. The molecular formula is C35H39NO6. The van der Waals surface area contributed by atoms with Gasteiger partial charge in [-0.2, -0.15) is 0 Å². The number of carboxylic acid groups (broad SMARTS) is 2. The van der Waals surface area contributed by atoms with E-state index in [0.29, 0.717) is 26.1 Å². The number of carboxylic acids is 2. The van der Waals surface area contributed by atoms with Gasteiger partial charge in [0.1, 0.15) is 18.0 Å². The quantitative estimate of drug-likeness (QED) is 0.108. The van der Waals surface area contributed by atoms with Crippen molar-refractivity contribution in [3.05, 3.63) is 94.7 Å². The summed E-state index contributed by atoms with van der Waals surface area (Å²) in [6, 6.07) is 20.0. The van der Waals surface area contributed by atoms with Crippen LogP contribution in [0.3, 0.4) is 0 Å². The topological polar surface area (TPSA) is 98.0 Å². The molecule has 3 aromatic carbocycles. The van der Waals surface area contributed by atoms with Crippen LogP contribution >= 0.6 is 0 Å². The molecule has 7 heteroatoms. The standard InChI is InChI=1S/C35H39NO6/c1-3-27-10-6-9-25(2)35(27)42-22-5-4-21-41-30-19-16-26(17-20-30)15-18-28-11-7-13-31-29(12-8-14-32(37)38)23-36(34(28)31)24-33(39)40/h6-7,9-11,13,15-20,23H,3-5,8,12,14,21-22,24H2,1-2H3,(H,37,38)(H,39,40). The Morgan fingerprint density at radius 3 is 2.29 bits per heavy atom. The fraction of sp³-hybridized carbons (Fsp3) is 0.314. The van der Waals surface area contributed by atoms with Crippen LogP contribution in [-0.2, 0) is 29.0 Å². The van der Waals surface area contributed by atoms with Crippen molar-refractivity contribution in [1.82, 2.24) is 4.57 Å². The first-order chi connectivity index (χ1) is 20.4. The molecule has 1 heterocycles. The molecule has 1 aromatic heterocycles. The smallest absolute Gasteiger partial charge is 0.323 e. The molecule has 0 saturated heterocycles. The van der Waals surface area contributed by atoms with E-state index >= 15 is 0 Å². The van der Waals surface area contributed by atoms with Gasteiger partial charge in [-0.1, -0.05) is 67.6 Å². The van der Waals surface area contributed by atoms with Crippen LogP contribution in [-0.4, -0.2) is 39.9 Å². The Morgan fingerprint density at radius 2 is 1.57 bits per heavy atom. The number of aryl methyl sites for hydroxylation is 3. The third-order valence-electron chi connectivity index (χ3n) is 7.22. The average Bonchev–Trinajstić information content (AvgIpc) is 3.31. The van der Waals surface area contributed by atoms with Crippen LogP contribution in [0.5, 0.6) is 11.5 Å². The van der Waals surface area contributed by atoms with Crippen LogP contribution in [0.2, 0.25) is 0 Å². The van der Waals surface area contributed by atoms with E-state index in [1.165, 1.54) is 11.1 Å². The molecule has 4 rings (SSSR count). The minimum absolute atomic E-state index is 0.0765. The molecular weight excluding hydrogens is 530 g/mol. The van der Waals surface area contributed by atoms with Crippen molar-refractivity contribution < 1.29 is 29.3 Å². The van der Waals surface area contributed by atoms with Crippen molar-refractivity contribution in [3.8, 4) is 11.5 Å². The molecule has 0 aliphatic rings. The Bertz CT molecular complexity index is 1530. The Hall–Kier alpha value is -4.52. The second-order valence-corrected chi connectivity index (χ2v) is 10.4. The number of unbranched alkanes of at least 4 members (excludes halogenated alkanes) is 1. The second kappa shape index (κ2) is 14.9. The lowest BCUT2D eigenvalue weighted by atomic mass is 10.0. The molecule has 220 valence electrons. The predicted octanol–water partition coefficient (Wildman–Crippen LogP) is 7.41. The van der Waals surface area contributed by atoms with Crippen LogP contribution < -0.4 is 9.47 Å². The Kier molecular flexibility index (Phi) is 10.8. The number of hydrogen-bond acceptors (Lipinski definition) is 4. The van der Waals surface area contributed by atoms with E-state index in [1.54, 1.807) is 4.57 Å². The van der Waals surface area contributed by atoms with Gasteiger partial charge in [0.05, 0.1) is 18.7 Å². The fourth-order valence-electron chi connectivity index (χ4n) is 5.13. The molecule has 0 unspecified atom stereocenters. The molecule has 0 aliphatic heterocycles. The highest BCUT2D eigenvalue weighted by Crippen LogP contribution is 2.28. The van der Waals surface area contributed by atoms with Crippen LogP contribution in [0, 0.1) is 6.92 Å². The van der Waals surface area contributed by atoms with Crippen molar-refractivity contribution in [3.63, 3.8) is 0 Å². The first-order valence-electron chi connectivity index (χ1n) is 14.5. The number of rotatable bonds is 16. The van der Waals surface area contributed by atoms with E-state index in [-0.39, 0.29) is 13.0 Å². The van der Waals surface area contributed by atoms with Crippen molar-refractivity contribution >= 4 is 35.0 Å². The second-order valence-electron chi connectivity index (χ2n) is 10.4. The number of nitrogens with zero attached hydrogens (tertiary/aromatic N) is 1. The van der Waals surface area contributed by atoms with Gasteiger partial charge in [-0.25, -0.2) is 0 Å². The van der Waals surface area contributed by atoms with Crippen molar-refractivity contribution in [2.75, 3.05) is 13.2 Å². The minimum atomic E-state index is -0.928. The molecule has 0 radical (unpaired) electrons. The molecule has 0 atom stereocenters. The number of ether oxygens (including phenoxy) is 2. The van der Waals surface area contributed by atoms with Gasteiger partial charge in [-0.3, -0.25) is 9.59 Å². The van der Waals surface area contributed by atoms with Crippen molar-refractivity contribution in [2.45, 2.75) is 58.9 Å². The normalized spacial score (nSPS) is 11.3. The molecule has 0 bridgehead atoms.